The van der Waals surface area contributed by atoms with Gasteiger partial charge in [-0.1, -0.05) is 24.3 Å². The van der Waals surface area contributed by atoms with Crippen molar-refractivity contribution in [2.45, 2.75) is 18.9 Å². The van der Waals surface area contributed by atoms with Crippen molar-refractivity contribution < 1.29 is 8.78 Å². The minimum Gasteiger partial charge on any atom is -0.322 e. The molecule has 0 saturated carbocycles. The van der Waals surface area contributed by atoms with E-state index in [0.29, 0.717) is 5.69 Å². The van der Waals surface area contributed by atoms with Gasteiger partial charge in [0.25, 0.3) is 0 Å². The van der Waals surface area contributed by atoms with E-state index in [0.717, 1.165) is 10.9 Å². The molecule has 1 heterocycles. The second-order valence-electron chi connectivity index (χ2n) is 3.66. The summed E-state index contributed by atoms with van der Waals surface area (Å²) < 4.78 is 24.4. The summed E-state index contributed by atoms with van der Waals surface area (Å²) in [6.07, 6.45) is -2.76. The second kappa shape index (κ2) is 4.53. The second-order valence-corrected chi connectivity index (χ2v) is 3.66. The largest absolute Gasteiger partial charge is 0.322 e. The lowest BCUT2D eigenvalue weighted by atomic mass is 10.1. The number of benzene rings is 1. The van der Waals surface area contributed by atoms with Gasteiger partial charge in [-0.15, -0.1) is 0 Å². The maximum atomic E-state index is 12.2. The van der Waals surface area contributed by atoms with Crippen molar-refractivity contribution in [2.75, 3.05) is 0 Å². The van der Waals surface area contributed by atoms with E-state index in [2.05, 4.69) is 4.98 Å². The number of para-hydroxylation sites is 1. The van der Waals surface area contributed by atoms with Crippen LogP contribution in [-0.2, 0) is 0 Å². The molecule has 1 aromatic heterocycles. The van der Waals surface area contributed by atoms with E-state index in [1.54, 1.807) is 6.07 Å². The predicted molar refractivity (Wildman–Crippen MR) is 59.3 cm³/mol. The number of hydrogen-bond acceptors (Lipinski definition) is 2. The third kappa shape index (κ3) is 2.33. The van der Waals surface area contributed by atoms with Crippen molar-refractivity contribution in [3.05, 3.63) is 42.1 Å². The molecule has 1 aromatic carbocycles. The zero-order valence-corrected chi connectivity index (χ0v) is 8.61. The highest BCUT2D eigenvalue weighted by atomic mass is 19.3. The van der Waals surface area contributed by atoms with Gasteiger partial charge in [-0.3, -0.25) is 4.98 Å². The highest BCUT2D eigenvalue weighted by Crippen LogP contribution is 2.19. The van der Waals surface area contributed by atoms with Crippen LogP contribution in [-0.4, -0.2) is 11.4 Å². The quantitative estimate of drug-likeness (QED) is 0.867. The van der Waals surface area contributed by atoms with Crippen LogP contribution >= 0.6 is 0 Å². The molecular weight excluding hydrogens is 210 g/mol. The van der Waals surface area contributed by atoms with E-state index >= 15 is 0 Å². The Morgan fingerprint density at radius 2 is 1.88 bits per heavy atom. The number of aromatic nitrogens is 1. The predicted octanol–water partition coefficient (Wildman–Crippen LogP) is 2.89. The van der Waals surface area contributed by atoms with Crippen molar-refractivity contribution >= 4 is 10.9 Å². The van der Waals surface area contributed by atoms with Crippen LogP contribution in [0.5, 0.6) is 0 Å². The Balaban J connectivity index is 2.32. The van der Waals surface area contributed by atoms with Gasteiger partial charge in [0.1, 0.15) is 0 Å². The lowest BCUT2D eigenvalue weighted by Crippen LogP contribution is -2.15. The minimum absolute atomic E-state index is 0.356. The number of pyridine rings is 1. The molecule has 0 radical (unpaired) electrons. The molecule has 2 aromatic rings. The van der Waals surface area contributed by atoms with Gasteiger partial charge >= 0.3 is 0 Å². The number of rotatable bonds is 3. The minimum atomic E-state index is -2.40. The first-order chi connectivity index (χ1) is 7.66. The molecule has 2 rings (SSSR count). The molecule has 0 amide bonds. The van der Waals surface area contributed by atoms with E-state index in [1.807, 2.05) is 30.3 Å². The lowest BCUT2D eigenvalue weighted by Gasteiger charge is -2.10. The highest BCUT2D eigenvalue weighted by molar-refractivity contribution is 5.78. The Bertz CT molecular complexity index is 485. The molecule has 0 bridgehead atoms. The first-order valence-electron chi connectivity index (χ1n) is 5.06. The molecular formula is C12H12F2N2. The van der Waals surface area contributed by atoms with Crippen LogP contribution in [0.15, 0.2) is 36.4 Å². The topological polar surface area (TPSA) is 38.9 Å². The molecule has 0 aliphatic rings. The summed E-state index contributed by atoms with van der Waals surface area (Å²) in [7, 11) is 0. The van der Waals surface area contributed by atoms with Crippen LogP contribution in [0.3, 0.4) is 0 Å². The van der Waals surface area contributed by atoms with Gasteiger partial charge in [-0.05, 0) is 12.1 Å². The SMILES string of the molecule is N[C@@H](CC(F)F)c1ccc2ccccc2n1. The first-order valence-corrected chi connectivity index (χ1v) is 5.06. The fraction of sp³-hybridized carbons (Fsp3) is 0.250. The number of alkyl halides is 2. The highest BCUT2D eigenvalue weighted by Gasteiger charge is 2.14. The average Bonchev–Trinajstić information content (AvgIpc) is 2.27. The average molecular weight is 222 g/mol. The fourth-order valence-electron chi connectivity index (χ4n) is 1.60. The van der Waals surface area contributed by atoms with Crippen molar-refractivity contribution in [2.24, 2.45) is 5.73 Å². The summed E-state index contributed by atoms with van der Waals surface area (Å²) in [6.45, 7) is 0. The molecule has 84 valence electrons. The zero-order chi connectivity index (χ0) is 11.5. The fourth-order valence-corrected chi connectivity index (χ4v) is 1.60. The van der Waals surface area contributed by atoms with Gasteiger partial charge in [-0.25, -0.2) is 8.78 Å². The van der Waals surface area contributed by atoms with E-state index in [-0.39, 0.29) is 6.42 Å². The Kier molecular flexibility index (Phi) is 3.10. The number of nitrogens with zero attached hydrogens (tertiary/aromatic N) is 1. The van der Waals surface area contributed by atoms with Crippen molar-refractivity contribution in [3.63, 3.8) is 0 Å². The van der Waals surface area contributed by atoms with Crippen LogP contribution in [0.4, 0.5) is 8.78 Å². The van der Waals surface area contributed by atoms with Crippen LogP contribution in [0.25, 0.3) is 10.9 Å². The molecule has 2 nitrogen and oxygen atoms in total. The van der Waals surface area contributed by atoms with E-state index in [1.165, 1.54) is 0 Å². The standard InChI is InChI=1S/C12H12F2N2/c13-12(14)7-9(15)11-6-5-8-3-1-2-4-10(8)16-11/h1-6,9,12H,7,15H2/t9-/m0/s1. The van der Waals surface area contributed by atoms with Gasteiger partial charge in [0.15, 0.2) is 0 Å². The monoisotopic (exact) mass is 222 g/mol. The van der Waals surface area contributed by atoms with Crippen molar-refractivity contribution in [1.82, 2.24) is 4.98 Å². The summed E-state index contributed by atoms with van der Waals surface area (Å²) in [5.74, 6) is 0. The smallest absolute Gasteiger partial charge is 0.240 e. The molecule has 0 aliphatic carbocycles. The Morgan fingerprint density at radius 3 is 2.62 bits per heavy atom. The summed E-state index contributed by atoms with van der Waals surface area (Å²) in [4.78, 5) is 4.27. The maximum absolute atomic E-state index is 12.2. The van der Waals surface area contributed by atoms with Gasteiger partial charge in [-0.2, -0.15) is 0 Å². The van der Waals surface area contributed by atoms with E-state index in [9.17, 15) is 8.78 Å². The molecule has 4 heteroatoms. The van der Waals surface area contributed by atoms with Gasteiger partial charge in [0.2, 0.25) is 6.43 Å². The van der Waals surface area contributed by atoms with Crippen LogP contribution in [0, 0.1) is 0 Å². The Labute approximate surface area is 92.1 Å². The lowest BCUT2D eigenvalue weighted by molar-refractivity contribution is 0.128. The number of halogens is 2. The normalized spacial score (nSPS) is 13.2. The molecule has 0 fully saturated rings. The van der Waals surface area contributed by atoms with Crippen LogP contribution < -0.4 is 5.73 Å². The number of nitrogens with two attached hydrogens (primary N) is 1. The van der Waals surface area contributed by atoms with E-state index in [4.69, 9.17) is 5.73 Å². The first kappa shape index (κ1) is 11.0. The Hall–Kier alpha value is -1.55. The summed E-state index contributed by atoms with van der Waals surface area (Å²) >= 11 is 0. The van der Waals surface area contributed by atoms with Gasteiger partial charge in [0, 0.05) is 11.8 Å². The van der Waals surface area contributed by atoms with Crippen LogP contribution in [0.1, 0.15) is 18.2 Å². The number of fused-ring (bicyclic) bond motifs is 1. The maximum Gasteiger partial charge on any atom is 0.240 e. The molecule has 0 saturated heterocycles. The molecule has 1 atom stereocenters. The van der Waals surface area contributed by atoms with Crippen molar-refractivity contribution in [1.29, 1.82) is 0 Å². The third-order valence-electron chi connectivity index (χ3n) is 2.43. The molecule has 16 heavy (non-hydrogen) atoms. The van der Waals surface area contributed by atoms with Gasteiger partial charge in [0.05, 0.1) is 17.3 Å². The van der Waals surface area contributed by atoms with Gasteiger partial charge < -0.3 is 5.73 Å². The number of hydrogen-bond donors (Lipinski definition) is 1. The summed E-state index contributed by atoms with van der Waals surface area (Å²) in [5, 5.41) is 0.982. The molecule has 0 spiro atoms. The summed E-state index contributed by atoms with van der Waals surface area (Å²) in [5.41, 5.74) is 6.94. The molecule has 2 N–H and O–H groups in total. The zero-order valence-electron chi connectivity index (χ0n) is 8.61. The Morgan fingerprint density at radius 1 is 1.12 bits per heavy atom. The summed E-state index contributed by atoms with van der Waals surface area (Å²) in [6, 6.07) is 10.4. The molecule has 0 unspecified atom stereocenters. The molecule has 0 aliphatic heterocycles. The van der Waals surface area contributed by atoms with E-state index < -0.39 is 12.5 Å². The van der Waals surface area contributed by atoms with Crippen LogP contribution in [0.2, 0.25) is 0 Å². The van der Waals surface area contributed by atoms with Crippen molar-refractivity contribution in [3.8, 4) is 0 Å². The third-order valence-corrected chi connectivity index (χ3v) is 2.43.